The predicted octanol–water partition coefficient (Wildman–Crippen LogP) is 4.42. The van der Waals surface area contributed by atoms with Gasteiger partial charge in [0, 0.05) is 17.4 Å². The second kappa shape index (κ2) is 6.72. The summed E-state index contributed by atoms with van der Waals surface area (Å²) in [5.41, 5.74) is 4.96. The number of carbonyl (C=O) groups excluding carboxylic acids is 1. The Morgan fingerprint density at radius 1 is 1.12 bits per heavy atom. The van der Waals surface area contributed by atoms with Crippen molar-refractivity contribution in [2.75, 3.05) is 5.32 Å². The van der Waals surface area contributed by atoms with Crippen molar-refractivity contribution in [2.24, 2.45) is 0 Å². The largest absolute Gasteiger partial charge is 0.324 e. The minimum Gasteiger partial charge on any atom is -0.324 e. The summed E-state index contributed by atoms with van der Waals surface area (Å²) < 4.78 is 2.81. The van der Waals surface area contributed by atoms with E-state index in [1.807, 2.05) is 37.3 Å². The van der Waals surface area contributed by atoms with Crippen molar-refractivity contribution in [1.82, 2.24) is 14.8 Å². The summed E-state index contributed by atoms with van der Waals surface area (Å²) in [4.78, 5) is 16.8. The number of fused-ring (bicyclic) bond motifs is 1. The molecule has 6 heteroatoms. The van der Waals surface area contributed by atoms with Crippen molar-refractivity contribution in [2.45, 2.75) is 20.4 Å². The molecule has 2 aromatic heterocycles. The molecule has 130 valence electrons. The summed E-state index contributed by atoms with van der Waals surface area (Å²) in [5.74, 6) is -0.101. The second-order valence-corrected chi connectivity index (χ2v) is 7.30. The number of aromatic nitrogens is 3. The highest BCUT2D eigenvalue weighted by atomic mass is 32.1. The standard InChI is InChI=1S/C20H18N4OS/c1-13-3-8-17-18(11-13)26-20(22-17)15-4-6-16(7-5-15)21-19(25)12-24-10-9-14(2)23-24/h3-11H,12H2,1-2H3,(H,21,25). The van der Waals surface area contributed by atoms with Gasteiger partial charge in [-0.3, -0.25) is 9.48 Å². The molecule has 2 aromatic carbocycles. The maximum absolute atomic E-state index is 12.1. The summed E-state index contributed by atoms with van der Waals surface area (Å²) in [5, 5.41) is 8.10. The highest BCUT2D eigenvalue weighted by Crippen LogP contribution is 2.31. The van der Waals surface area contributed by atoms with E-state index in [0.717, 1.165) is 27.5 Å². The molecule has 4 aromatic rings. The first-order valence-corrected chi connectivity index (χ1v) is 9.16. The molecule has 0 bridgehead atoms. The summed E-state index contributed by atoms with van der Waals surface area (Å²) >= 11 is 1.68. The smallest absolute Gasteiger partial charge is 0.246 e. The van der Waals surface area contributed by atoms with Gasteiger partial charge in [-0.05, 0) is 61.9 Å². The molecule has 0 aliphatic heterocycles. The molecule has 0 radical (unpaired) electrons. The van der Waals surface area contributed by atoms with Crippen LogP contribution in [0, 0.1) is 13.8 Å². The van der Waals surface area contributed by atoms with Crippen LogP contribution in [0.15, 0.2) is 54.7 Å². The third kappa shape index (κ3) is 3.50. The Bertz CT molecular complexity index is 1080. The molecule has 4 rings (SSSR count). The van der Waals surface area contributed by atoms with Gasteiger partial charge in [-0.1, -0.05) is 6.07 Å². The number of hydrogen-bond acceptors (Lipinski definition) is 4. The van der Waals surface area contributed by atoms with Crippen LogP contribution in [-0.2, 0) is 11.3 Å². The number of carbonyl (C=O) groups is 1. The topological polar surface area (TPSA) is 59.8 Å². The van der Waals surface area contributed by atoms with E-state index in [9.17, 15) is 4.79 Å². The lowest BCUT2D eigenvalue weighted by molar-refractivity contribution is -0.116. The first-order chi connectivity index (χ1) is 12.6. The molecule has 0 fully saturated rings. The van der Waals surface area contributed by atoms with Gasteiger partial charge in [-0.2, -0.15) is 5.10 Å². The van der Waals surface area contributed by atoms with Gasteiger partial charge in [0.25, 0.3) is 0 Å². The molecule has 0 aliphatic rings. The fourth-order valence-corrected chi connectivity index (χ4v) is 3.82. The average Bonchev–Trinajstić information content (AvgIpc) is 3.21. The summed E-state index contributed by atoms with van der Waals surface area (Å²) in [7, 11) is 0. The molecule has 2 heterocycles. The highest BCUT2D eigenvalue weighted by molar-refractivity contribution is 7.21. The quantitative estimate of drug-likeness (QED) is 0.585. The van der Waals surface area contributed by atoms with Crippen molar-refractivity contribution in [3.05, 3.63) is 66.0 Å². The van der Waals surface area contributed by atoms with Crippen LogP contribution in [0.5, 0.6) is 0 Å². The molecular weight excluding hydrogens is 344 g/mol. The monoisotopic (exact) mass is 362 g/mol. The first-order valence-electron chi connectivity index (χ1n) is 8.34. The molecule has 1 amide bonds. The molecule has 0 spiro atoms. The van der Waals surface area contributed by atoms with Gasteiger partial charge in [0.15, 0.2) is 0 Å². The minimum atomic E-state index is -0.101. The Kier molecular flexibility index (Phi) is 4.26. The van der Waals surface area contributed by atoms with E-state index in [1.165, 1.54) is 10.3 Å². The number of hydrogen-bond donors (Lipinski definition) is 1. The lowest BCUT2D eigenvalue weighted by Gasteiger charge is -2.06. The molecule has 0 unspecified atom stereocenters. The fourth-order valence-electron chi connectivity index (χ4n) is 2.75. The zero-order valence-electron chi connectivity index (χ0n) is 14.6. The van der Waals surface area contributed by atoms with Crippen LogP contribution in [0.25, 0.3) is 20.8 Å². The summed E-state index contributed by atoms with van der Waals surface area (Å²) in [6, 6.07) is 15.9. The third-order valence-electron chi connectivity index (χ3n) is 4.04. The molecule has 5 nitrogen and oxygen atoms in total. The zero-order chi connectivity index (χ0) is 18.1. The first kappa shape index (κ1) is 16.5. The van der Waals surface area contributed by atoms with Crippen molar-refractivity contribution in [3.8, 4) is 10.6 Å². The molecule has 0 saturated carbocycles. The Balaban J connectivity index is 1.48. The molecule has 26 heavy (non-hydrogen) atoms. The van der Waals surface area contributed by atoms with Gasteiger partial charge in [-0.15, -0.1) is 11.3 Å². The number of rotatable bonds is 4. The van der Waals surface area contributed by atoms with E-state index < -0.39 is 0 Å². The molecule has 1 N–H and O–H groups in total. The number of nitrogens with one attached hydrogen (secondary N) is 1. The number of thiazole rings is 1. The van der Waals surface area contributed by atoms with Gasteiger partial charge < -0.3 is 5.32 Å². The van der Waals surface area contributed by atoms with E-state index in [1.54, 1.807) is 22.2 Å². The van der Waals surface area contributed by atoms with Crippen molar-refractivity contribution in [3.63, 3.8) is 0 Å². The van der Waals surface area contributed by atoms with Crippen molar-refractivity contribution >= 4 is 33.1 Å². The highest BCUT2D eigenvalue weighted by Gasteiger charge is 2.08. The number of benzene rings is 2. The minimum absolute atomic E-state index is 0.101. The Labute approximate surface area is 155 Å². The Hall–Kier alpha value is -2.99. The molecule has 0 aliphatic carbocycles. The van der Waals surface area contributed by atoms with Gasteiger partial charge >= 0.3 is 0 Å². The third-order valence-corrected chi connectivity index (χ3v) is 5.11. The lowest BCUT2D eigenvalue weighted by atomic mass is 10.2. The molecule has 0 atom stereocenters. The summed E-state index contributed by atoms with van der Waals surface area (Å²) in [6.07, 6.45) is 1.80. The molecular formula is C20H18N4OS. The second-order valence-electron chi connectivity index (χ2n) is 6.27. The fraction of sp³-hybridized carbons (Fsp3) is 0.150. The van der Waals surface area contributed by atoms with E-state index in [2.05, 4.69) is 35.5 Å². The van der Waals surface area contributed by atoms with Gasteiger partial charge in [-0.25, -0.2) is 4.98 Å². The molecule has 0 saturated heterocycles. The van der Waals surface area contributed by atoms with Crippen molar-refractivity contribution in [1.29, 1.82) is 0 Å². The van der Waals surface area contributed by atoms with Crippen molar-refractivity contribution < 1.29 is 4.79 Å². The Morgan fingerprint density at radius 3 is 2.65 bits per heavy atom. The number of aryl methyl sites for hydroxylation is 2. The van der Waals surface area contributed by atoms with E-state index in [4.69, 9.17) is 4.98 Å². The van der Waals surface area contributed by atoms with Crippen LogP contribution >= 0.6 is 11.3 Å². The maximum atomic E-state index is 12.1. The lowest BCUT2D eigenvalue weighted by Crippen LogP contribution is -2.19. The van der Waals surface area contributed by atoms with E-state index in [0.29, 0.717) is 0 Å². The number of nitrogens with zero attached hydrogens (tertiary/aromatic N) is 3. The van der Waals surface area contributed by atoms with Gasteiger partial charge in [0.05, 0.1) is 15.9 Å². The Morgan fingerprint density at radius 2 is 1.92 bits per heavy atom. The number of anilines is 1. The summed E-state index contributed by atoms with van der Waals surface area (Å²) in [6.45, 7) is 4.18. The van der Waals surface area contributed by atoms with E-state index in [-0.39, 0.29) is 12.5 Å². The van der Waals surface area contributed by atoms with Crippen LogP contribution in [-0.4, -0.2) is 20.7 Å². The van der Waals surface area contributed by atoms with Crippen LogP contribution in [0.3, 0.4) is 0 Å². The van der Waals surface area contributed by atoms with Crippen LogP contribution in [0.1, 0.15) is 11.3 Å². The van der Waals surface area contributed by atoms with Gasteiger partial charge in [0.1, 0.15) is 11.6 Å². The average molecular weight is 362 g/mol. The normalized spacial score (nSPS) is 11.0. The van der Waals surface area contributed by atoms with Crippen LogP contribution in [0.4, 0.5) is 5.69 Å². The maximum Gasteiger partial charge on any atom is 0.246 e. The van der Waals surface area contributed by atoms with Crippen LogP contribution < -0.4 is 5.32 Å². The van der Waals surface area contributed by atoms with E-state index >= 15 is 0 Å². The SMILES string of the molecule is Cc1ccc2nc(-c3ccc(NC(=O)Cn4ccc(C)n4)cc3)sc2c1. The van der Waals surface area contributed by atoms with Gasteiger partial charge in [0.2, 0.25) is 5.91 Å². The number of amides is 1. The van der Waals surface area contributed by atoms with Crippen LogP contribution in [0.2, 0.25) is 0 Å². The zero-order valence-corrected chi connectivity index (χ0v) is 15.4. The predicted molar refractivity (Wildman–Crippen MR) is 105 cm³/mol.